The number of amidine groups is 1. The Morgan fingerprint density at radius 3 is 2.83 bits per heavy atom. The fourth-order valence-corrected chi connectivity index (χ4v) is 1.35. The van der Waals surface area contributed by atoms with Crippen molar-refractivity contribution in [3.63, 3.8) is 0 Å². The van der Waals surface area contributed by atoms with Crippen LogP contribution >= 0.6 is 0 Å². The van der Waals surface area contributed by atoms with Gasteiger partial charge in [0.15, 0.2) is 17.4 Å². The fourth-order valence-electron chi connectivity index (χ4n) is 1.35. The molecule has 0 aliphatic carbocycles. The summed E-state index contributed by atoms with van der Waals surface area (Å²) < 4.78 is 24.2. The summed E-state index contributed by atoms with van der Waals surface area (Å²) in [5, 5.41) is 11.3. The third kappa shape index (κ3) is 3.89. The molecule has 6 heteroatoms. The van der Waals surface area contributed by atoms with Gasteiger partial charge in [-0.05, 0) is 32.0 Å². The largest absolute Gasteiger partial charge is 0.485 e. The second-order valence-electron chi connectivity index (χ2n) is 3.72. The molecule has 100 valence electrons. The summed E-state index contributed by atoms with van der Waals surface area (Å²) in [5.41, 5.74) is 5.64. The van der Waals surface area contributed by atoms with Crippen molar-refractivity contribution in [3.8, 4) is 5.75 Å². The van der Waals surface area contributed by atoms with Crippen molar-refractivity contribution in [2.24, 2.45) is 10.9 Å². The maximum atomic E-state index is 13.7. The van der Waals surface area contributed by atoms with Gasteiger partial charge in [0.2, 0.25) is 0 Å². The number of hydrogen-bond acceptors (Lipinski definition) is 4. The van der Waals surface area contributed by atoms with Crippen LogP contribution < -0.4 is 10.5 Å². The van der Waals surface area contributed by atoms with Crippen LogP contribution in [0.4, 0.5) is 4.39 Å². The topological polar surface area (TPSA) is 77.1 Å². The molecule has 3 N–H and O–H groups in total. The van der Waals surface area contributed by atoms with Crippen molar-refractivity contribution in [3.05, 3.63) is 29.6 Å². The number of nitrogens with zero attached hydrogens (tertiary/aromatic N) is 1. The Kier molecular flexibility index (Phi) is 5.38. The molecular formula is C12H17FN2O3. The lowest BCUT2D eigenvalue weighted by Crippen LogP contribution is -2.20. The molecule has 1 rings (SSSR count). The molecule has 1 unspecified atom stereocenters. The molecule has 0 fully saturated rings. The van der Waals surface area contributed by atoms with Crippen molar-refractivity contribution in [1.29, 1.82) is 0 Å². The molecule has 1 aromatic rings. The van der Waals surface area contributed by atoms with E-state index in [9.17, 15) is 4.39 Å². The first kappa shape index (κ1) is 14.2. The van der Waals surface area contributed by atoms with Crippen LogP contribution in [0.15, 0.2) is 23.4 Å². The molecule has 1 atom stereocenters. The number of halogens is 1. The first-order valence-electron chi connectivity index (χ1n) is 5.60. The first-order chi connectivity index (χ1) is 8.58. The molecule has 0 amide bonds. The Morgan fingerprint density at radius 1 is 1.56 bits per heavy atom. The van der Waals surface area contributed by atoms with Gasteiger partial charge in [-0.25, -0.2) is 4.39 Å². The zero-order valence-corrected chi connectivity index (χ0v) is 10.4. The Labute approximate surface area is 105 Å². The zero-order valence-electron chi connectivity index (χ0n) is 10.4. The first-order valence-corrected chi connectivity index (χ1v) is 5.60. The van der Waals surface area contributed by atoms with E-state index in [1.54, 1.807) is 6.92 Å². The van der Waals surface area contributed by atoms with E-state index in [2.05, 4.69) is 5.16 Å². The molecule has 0 aromatic heterocycles. The molecule has 18 heavy (non-hydrogen) atoms. The zero-order chi connectivity index (χ0) is 13.5. The lowest BCUT2D eigenvalue weighted by Gasteiger charge is -2.15. The Morgan fingerprint density at radius 2 is 2.28 bits per heavy atom. The van der Waals surface area contributed by atoms with Crippen molar-refractivity contribution in [2.45, 2.75) is 20.0 Å². The van der Waals surface area contributed by atoms with E-state index < -0.39 is 5.82 Å². The van der Waals surface area contributed by atoms with Crippen LogP contribution in [0.5, 0.6) is 5.75 Å². The van der Waals surface area contributed by atoms with E-state index in [4.69, 9.17) is 20.4 Å². The van der Waals surface area contributed by atoms with Gasteiger partial charge in [-0.15, -0.1) is 0 Å². The van der Waals surface area contributed by atoms with Gasteiger partial charge in [0.05, 0.1) is 6.61 Å². The quantitative estimate of drug-likeness (QED) is 0.351. The lowest BCUT2D eigenvalue weighted by atomic mass is 10.2. The van der Waals surface area contributed by atoms with Gasteiger partial charge in [-0.1, -0.05) is 5.16 Å². The number of nitrogens with two attached hydrogens (primary N) is 1. The number of ether oxygens (including phenoxy) is 2. The van der Waals surface area contributed by atoms with Crippen LogP contribution in [0, 0.1) is 5.82 Å². The van der Waals surface area contributed by atoms with Gasteiger partial charge >= 0.3 is 0 Å². The Balaban J connectivity index is 2.74. The maximum Gasteiger partial charge on any atom is 0.170 e. The predicted molar refractivity (Wildman–Crippen MR) is 65.5 cm³/mol. The van der Waals surface area contributed by atoms with Gasteiger partial charge in [0, 0.05) is 12.2 Å². The second-order valence-corrected chi connectivity index (χ2v) is 3.72. The molecule has 0 saturated heterocycles. The molecule has 0 saturated carbocycles. The van der Waals surface area contributed by atoms with Crippen LogP contribution in [-0.4, -0.2) is 30.4 Å². The maximum absolute atomic E-state index is 13.7. The monoisotopic (exact) mass is 256 g/mol. The Bertz CT molecular complexity index is 424. The van der Waals surface area contributed by atoms with E-state index in [0.717, 1.165) is 6.07 Å². The standard InChI is InChI=1S/C12H17FN2O3/c1-3-17-7-8(2)18-11-5-4-9(6-10(11)13)12(14)15-16/h4-6,8,16H,3,7H2,1-2H3,(H2,14,15). The molecular weight excluding hydrogens is 239 g/mol. The van der Waals surface area contributed by atoms with Gasteiger partial charge in [0.1, 0.15) is 6.10 Å². The summed E-state index contributed by atoms with van der Waals surface area (Å²) in [6.07, 6.45) is -0.255. The average molecular weight is 256 g/mol. The molecule has 0 spiro atoms. The molecule has 0 aliphatic rings. The minimum Gasteiger partial charge on any atom is -0.485 e. The van der Waals surface area contributed by atoms with E-state index in [1.807, 2.05) is 6.92 Å². The van der Waals surface area contributed by atoms with Crippen molar-refractivity contribution >= 4 is 5.84 Å². The summed E-state index contributed by atoms with van der Waals surface area (Å²) in [5.74, 6) is -0.609. The van der Waals surface area contributed by atoms with Crippen molar-refractivity contribution in [2.75, 3.05) is 13.2 Å². The highest BCUT2D eigenvalue weighted by molar-refractivity contribution is 5.97. The Hall–Kier alpha value is -1.82. The molecule has 0 heterocycles. The van der Waals surface area contributed by atoms with Crippen LogP contribution in [0.3, 0.4) is 0 Å². The minimum atomic E-state index is -0.567. The third-order valence-electron chi connectivity index (χ3n) is 2.22. The fraction of sp³-hybridized carbons (Fsp3) is 0.417. The summed E-state index contributed by atoms with van der Waals surface area (Å²) in [7, 11) is 0. The second kappa shape index (κ2) is 6.80. The minimum absolute atomic E-state index is 0.108. The molecule has 1 aromatic carbocycles. The number of benzene rings is 1. The van der Waals surface area contributed by atoms with Gasteiger partial charge < -0.3 is 20.4 Å². The van der Waals surface area contributed by atoms with Gasteiger partial charge in [-0.2, -0.15) is 0 Å². The highest BCUT2D eigenvalue weighted by atomic mass is 19.1. The summed E-state index contributed by atoms with van der Waals surface area (Å²) in [6, 6.07) is 4.10. The molecule has 0 bridgehead atoms. The average Bonchev–Trinajstić information content (AvgIpc) is 2.37. The number of hydrogen-bond donors (Lipinski definition) is 2. The smallest absolute Gasteiger partial charge is 0.170 e. The molecule has 0 aliphatic heterocycles. The molecule has 0 radical (unpaired) electrons. The lowest BCUT2D eigenvalue weighted by molar-refractivity contribution is 0.0637. The number of oxime groups is 1. The highest BCUT2D eigenvalue weighted by Crippen LogP contribution is 2.19. The van der Waals surface area contributed by atoms with Gasteiger partial charge in [-0.3, -0.25) is 0 Å². The van der Waals surface area contributed by atoms with Crippen LogP contribution in [0.25, 0.3) is 0 Å². The van der Waals surface area contributed by atoms with Crippen LogP contribution in [0.1, 0.15) is 19.4 Å². The van der Waals surface area contributed by atoms with Crippen LogP contribution in [0.2, 0.25) is 0 Å². The van der Waals surface area contributed by atoms with Crippen molar-refractivity contribution in [1.82, 2.24) is 0 Å². The van der Waals surface area contributed by atoms with E-state index in [1.165, 1.54) is 12.1 Å². The third-order valence-corrected chi connectivity index (χ3v) is 2.22. The van der Waals surface area contributed by atoms with E-state index in [0.29, 0.717) is 18.8 Å². The van der Waals surface area contributed by atoms with E-state index in [-0.39, 0.29) is 17.7 Å². The van der Waals surface area contributed by atoms with Crippen LogP contribution in [-0.2, 0) is 4.74 Å². The summed E-state index contributed by atoms with van der Waals surface area (Å²) in [6.45, 7) is 4.63. The normalized spacial score (nSPS) is 13.4. The summed E-state index contributed by atoms with van der Waals surface area (Å²) >= 11 is 0. The SMILES string of the molecule is CCOCC(C)Oc1ccc(/C(N)=N/O)cc1F. The summed E-state index contributed by atoms with van der Waals surface area (Å²) in [4.78, 5) is 0. The molecule has 5 nitrogen and oxygen atoms in total. The number of rotatable bonds is 6. The predicted octanol–water partition coefficient (Wildman–Crippen LogP) is 1.72. The van der Waals surface area contributed by atoms with Gasteiger partial charge in [0.25, 0.3) is 0 Å². The van der Waals surface area contributed by atoms with E-state index >= 15 is 0 Å². The highest BCUT2D eigenvalue weighted by Gasteiger charge is 2.10. The van der Waals surface area contributed by atoms with Crippen molar-refractivity contribution < 1.29 is 19.1 Å².